The van der Waals surface area contributed by atoms with Crippen molar-refractivity contribution in [3.05, 3.63) is 36.7 Å². The fourth-order valence-electron chi connectivity index (χ4n) is 1.91. The number of hydrogen-bond acceptors (Lipinski definition) is 4. The average Bonchev–Trinajstić information content (AvgIpc) is 2.37. The molecular weight excluding hydrogens is 264 g/mol. The summed E-state index contributed by atoms with van der Waals surface area (Å²) in [5.74, 6) is 0. The highest BCUT2D eigenvalue weighted by atomic mass is 32.2. The van der Waals surface area contributed by atoms with E-state index in [1.165, 1.54) is 0 Å². The molecule has 1 unspecified atom stereocenters. The first kappa shape index (κ1) is 13.9. The first-order valence-electron chi connectivity index (χ1n) is 6.00. The minimum atomic E-state index is -3.60. The molecule has 1 atom stereocenters. The first-order chi connectivity index (χ1) is 9.04. The van der Waals surface area contributed by atoms with Crippen molar-refractivity contribution < 1.29 is 13.5 Å². The maximum absolute atomic E-state index is 12.3. The zero-order chi connectivity index (χ0) is 13.9. The van der Waals surface area contributed by atoms with Gasteiger partial charge < -0.3 is 5.11 Å². The average molecular weight is 280 g/mol. The number of sulfonamides is 1. The molecule has 6 heteroatoms. The van der Waals surface area contributed by atoms with E-state index in [1.807, 2.05) is 6.07 Å². The molecule has 2 rings (SSSR count). The number of pyridine rings is 1. The third kappa shape index (κ3) is 3.09. The number of benzene rings is 1. The van der Waals surface area contributed by atoms with Crippen LogP contribution < -0.4 is 4.72 Å². The van der Waals surface area contributed by atoms with Crippen LogP contribution in [0.15, 0.2) is 41.6 Å². The third-order valence-corrected chi connectivity index (χ3v) is 4.50. The highest BCUT2D eigenvalue weighted by Crippen LogP contribution is 2.22. The normalized spacial score (nSPS) is 13.6. The van der Waals surface area contributed by atoms with Crippen molar-refractivity contribution in [1.82, 2.24) is 9.71 Å². The molecule has 0 aliphatic carbocycles. The van der Waals surface area contributed by atoms with Gasteiger partial charge >= 0.3 is 0 Å². The molecule has 0 radical (unpaired) electrons. The monoisotopic (exact) mass is 280 g/mol. The van der Waals surface area contributed by atoms with Crippen molar-refractivity contribution in [3.8, 4) is 0 Å². The van der Waals surface area contributed by atoms with Gasteiger partial charge in [-0.1, -0.05) is 12.1 Å². The smallest absolute Gasteiger partial charge is 0.241 e. The topological polar surface area (TPSA) is 79.3 Å². The standard InChI is InChI=1S/C13H16N2O3S/c1-10(6-8-16)15-19(17,18)13-4-2-3-11-9-14-7-5-12(11)13/h2-5,7,9-10,15-16H,6,8H2,1H3. The second-order valence-corrected chi connectivity index (χ2v) is 6.07. The summed E-state index contributed by atoms with van der Waals surface area (Å²) in [6.07, 6.45) is 3.58. The molecule has 0 bridgehead atoms. The number of aliphatic hydroxyl groups is 1. The van der Waals surface area contributed by atoms with Crippen molar-refractivity contribution in [2.24, 2.45) is 0 Å². The van der Waals surface area contributed by atoms with E-state index in [9.17, 15) is 8.42 Å². The van der Waals surface area contributed by atoms with Gasteiger partial charge in [-0.3, -0.25) is 4.98 Å². The molecule has 1 heterocycles. The van der Waals surface area contributed by atoms with E-state index in [1.54, 1.807) is 37.5 Å². The lowest BCUT2D eigenvalue weighted by molar-refractivity contribution is 0.275. The van der Waals surface area contributed by atoms with E-state index in [0.29, 0.717) is 11.8 Å². The summed E-state index contributed by atoms with van der Waals surface area (Å²) >= 11 is 0. The van der Waals surface area contributed by atoms with Crippen LogP contribution in [0, 0.1) is 0 Å². The fraction of sp³-hybridized carbons (Fsp3) is 0.308. The van der Waals surface area contributed by atoms with Crippen molar-refractivity contribution in [2.75, 3.05) is 6.61 Å². The maximum atomic E-state index is 12.3. The van der Waals surface area contributed by atoms with Crippen LogP contribution in [0.25, 0.3) is 10.8 Å². The van der Waals surface area contributed by atoms with Crippen LogP contribution in [0.3, 0.4) is 0 Å². The van der Waals surface area contributed by atoms with Gasteiger partial charge in [0.1, 0.15) is 0 Å². The molecule has 0 saturated carbocycles. The molecule has 102 valence electrons. The number of rotatable bonds is 5. The predicted octanol–water partition coefficient (Wildman–Crippen LogP) is 1.28. The second kappa shape index (κ2) is 5.64. The largest absolute Gasteiger partial charge is 0.396 e. The van der Waals surface area contributed by atoms with E-state index in [0.717, 1.165) is 5.39 Å². The molecule has 19 heavy (non-hydrogen) atoms. The van der Waals surface area contributed by atoms with Crippen LogP contribution in [0.1, 0.15) is 13.3 Å². The molecule has 2 N–H and O–H groups in total. The zero-order valence-electron chi connectivity index (χ0n) is 10.6. The van der Waals surface area contributed by atoms with E-state index in [4.69, 9.17) is 5.11 Å². The Morgan fingerprint density at radius 3 is 2.89 bits per heavy atom. The molecule has 5 nitrogen and oxygen atoms in total. The van der Waals surface area contributed by atoms with E-state index >= 15 is 0 Å². The molecule has 0 saturated heterocycles. The predicted molar refractivity (Wildman–Crippen MR) is 73.2 cm³/mol. The van der Waals surface area contributed by atoms with Crippen molar-refractivity contribution in [1.29, 1.82) is 0 Å². The molecule has 1 aromatic heterocycles. The molecule has 0 aliphatic rings. The van der Waals surface area contributed by atoms with E-state index in [2.05, 4.69) is 9.71 Å². The highest BCUT2D eigenvalue weighted by Gasteiger charge is 2.19. The minimum absolute atomic E-state index is 0.0524. The highest BCUT2D eigenvalue weighted by molar-refractivity contribution is 7.89. The Bertz CT molecular complexity index is 665. The van der Waals surface area contributed by atoms with Gasteiger partial charge in [0.05, 0.1) is 4.90 Å². The number of nitrogens with one attached hydrogen (secondary N) is 1. The lowest BCUT2D eigenvalue weighted by Crippen LogP contribution is -2.33. The second-order valence-electron chi connectivity index (χ2n) is 4.39. The molecule has 0 amide bonds. The van der Waals surface area contributed by atoms with Crippen molar-refractivity contribution in [2.45, 2.75) is 24.3 Å². The van der Waals surface area contributed by atoms with Gasteiger partial charge in [0, 0.05) is 35.8 Å². The van der Waals surface area contributed by atoms with Crippen LogP contribution in [0.4, 0.5) is 0 Å². The van der Waals surface area contributed by atoms with Crippen LogP contribution in [0.5, 0.6) is 0 Å². The van der Waals surface area contributed by atoms with Crippen LogP contribution in [-0.2, 0) is 10.0 Å². The Morgan fingerprint density at radius 2 is 2.16 bits per heavy atom. The number of nitrogens with zero attached hydrogens (tertiary/aromatic N) is 1. The maximum Gasteiger partial charge on any atom is 0.241 e. The molecule has 0 aliphatic heterocycles. The summed E-state index contributed by atoms with van der Waals surface area (Å²) in [4.78, 5) is 4.21. The lowest BCUT2D eigenvalue weighted by Gasteiger charge is -2.14. The van der Waals surface area contributed by atoms with Gasteiger partial charge in [-0.05, 0) is 25.5 Å². The van der Waals surface area contributed by atoms with Crippen molar-refractivity contribution >= 4 is 20.8 Å². The Balaban J connectivity index is 2.43. The van der Waals surface area contributed by atoms with Gasteiger partial charge in [-0.25, -0.2) is 13.1 Å². The van der Waals surface area contributed by atoms with Gasteiger partial charge in [0.15, 0.2) is 0 Å². The summed E-state index contributed by atoms with van der Waals surface area (Å²) in [5.41, 5.74) is 0. The van der Waals surface area contributed by atoms with Crippen LogP contribution >= 0.6 is 0 Å². The fourth-order valence-corrected chi connectivity index (χ4v) is 3.42. The molecule has 0 spiro atoms. The Labute approximate surface area is 112 Å². The van der Waals surface area contributed by atoms with E-state index in [-0.39, 0.29) is 17.5 Å². The van der Waals surface area contributed by atoms with Gasteiger partial charge in [0.2, 0.25) is 10.0 Å². The van der Waals surface area contributed by atoms with Gasteiger partial charge in [-0.15, -0.1) is 0 Å². The first-order valence-corrected chi connectivity index (χ1v) is 7.49. The molecular formula is C13H16N2O3S. The molecule has 1 aromatic carbocycles. The number of hydrogen-bond donors (Lipinski definition) is 2. The minimum Gasteiger partial charge on any atom is -0.396 e. The van der Waals surface area contributed by atoms with Crippen LogP contribution in [-0.4, -0.2) is 31.2 Å². The van der Waals surface area contributed by atoms with Crippen LogP contribution in [0.2, 0.25) is 0 Å². The molecule has 0 fully saturated rings. The summed E-state index contributed by atoms with van der Waals surface area (Å²) < 4.78 is 27.2. The van der Waals surface area contributed by atoms with Crippen molar-refractivity contribution in [3.63, 3.8) is 0 Å². The third-order valence-electron chi connectivity index (χ3n) is 2.85. The summed E-state index contributed by atoms with van der Waals surface area (Å²) in [7, 11) is -3.60. The summed E-state index contributed by atoms with van der Waals surface area (Å²) in [6.45, 7) is 1.67. The zero-order valence-corrected chi connectivity index (χ0v) is 11.4. The van der Waals surface area contributed by atoms with Gasteiger partial charge in [0.25, 0.3) is 0 Å². The quantitative estimate of drug-likeness (QED) is 0.865. The summed E-state index contributed by atoms with van der Waals surface area (Å²) in [6, 6.07) is 6.44. The number of aromatic nitrogens is 1. The number of fused-ring (bicyclic) bond motifs is 1. The number of aliphatic hydroxyl groups excluding tert-OH is 1. The SMILES string of the molecule is CC(CCO)NS(=O)(=O)c1cccc2cnccc12. The Hall–Kier alpha value is -1.50. The van der Waals surface area contributed by atoms with E-state index < -0.39 is 10.0 Å². The Morgan fingerprint density at radius 1 is 1.37 bits per heavy atom. The molecule has 2 aromatic rings. The Kier molecular flexibility index (Phi) is 4.14. The van der Waals surface area contributed by atoms with Gasteiger partial charge in [-0.2, -0.15) is 0 Å². The lowest BCUT2D eigenvalue weighted by atomic mass is 10.2. The summed E-state index contributed by atoms with van der Waals surface area (Å²) in [5, 5.41) is 10.3.